The van der Waals surface area contributed by atoms with Crippen LogP contribution in [0, 0.1) is 13.8 Å². The summed E-state index contributed by atoms with van der Waals surface area (Å²) in [5.74, 6) is 0.684. The minimum Gasteiger partial charge on any atom is -0.338 e. The van der Waals surface area contributed by atoms with Gasteiger partial charge in [0.1, 0.15) is 0 Å². The second kappa shape index (κ2) is 5.75. The van der Waals surface area contributed by atoms with Crippen molar-refractivity contribution in [3.8, 4) is 0 Å². The van der Waals surface area contributed by atoms with E-state index in [-0.39, 0.29) is 0 Å². The van der Waals surface area contributed by atoms with Crippen molar-refractivity contribution in [3.63, 3.8) is 0 Å². The molecular weight excluding hydrogens is 238 g/mol. The van der Waals surface area contributed by atoms with Crippen LogP contribution in [0.25, 0.3) is 0 Å². The monoisotopic (exact) mass is 257 g/mol. The number of hydrogen-bond donors (Lipinski definition) is 1. The maximum absolute atomic E-state index is 5.64. The van der Waals surface area contributed by atoms with Crippen LogP contribution in [0.2, 0.25) is 0 Å². The van der Waals surface area contributed by atoms with E-state index in [2.05, 4.69) is 15.0 Å². The van der Waals surface area contributed by atoms with Gasteiger partial charge in [0.25, 0.3) is 0 Å². The zero-order valence-corrected chi connectivity index (χ0v) is 11.6. The lowest BCUT2D eigenvalue weighted by atomic mass is 10.3. The van der Waals surface area contributed by atoms with Gasteiger partial charge in [0.2, 0.25) is 5.95 Å². The van der Waals surface area contributed by atoms with E-state index in [0.717, 1.165) is 22.8 Å². The number of hydrogen-bond acceptors (Lipinski definition) is 5. The van der Waals surface area contributed by atoms with Crippen molar-refractivity contribution in [2.24, 2.45) is 5.73 Å². The van der Waals surface area contributed by atoms with E-state index in [1.807, 2.05) is 50.1 Å². The zero-order valence-electron chi connectivity index (χ0n) is 11.6. The molecule has 19 heavy (non-hydrogen) atoms. The molecular formula is C14H19N5. The van der Waals surface area contributed by atoms with Crippen LogP contribution in [0.15, 0.2) is 24.3 Å². The summed E-state index contributed by atoms with van der Waals surface area (Å²) < 4.78 is 0. The maximum atomic E-state index is 5.64. The normalized spacial score (nSPS) is 10.5. The van der Waals surface area contributed by atoms with Gasteiger partial charge in [-0.15, -0.1) is 0 Å². The Morgan fingerprint density at radius 1 is 1.05 bits per heavy atom. The Balaban J connectivity index is 2.20. The minimum absolute atomic E-state index is 0.424. The lowest BCUT2D eigenvalue weighted by Gasteiger charge is -2.17. The highest BCUT2D eigenvalue weighted by molar-refractivity contribution is 5.32. The van der Waals surface area contributed by atoms with E-state index >= 15 is 0 Å². The molecule has 5 nitrogen and oxygen atoms in total. The first-order valence-electron chi connectivity index (χ1n) is 6.27. The summed E-state index contributed by atoms with van der Waals surface area (Å²) in [5, 5.41) is 0. The quantitative estimate of drug-likeness (QED) is 0.900. The Kier molecular flexibility index (Phi) is 4.06. The van der Waals surface area contributed by atoms with Gasteiger partial charge in [-0.25, -0.2) is 9.97 Å². The van der Waals surface area contributed by atoms with Crippen LogP contribution in [-0.4, -0.2) is 22.0 Å². The molecule has 0 amide bonds. The van der Waals surface area contributed by atoms with Crippen LogP contribution in [0.3, 0.4) is 0 Å². The fourth-order valence-electron chi connectivity index (χ4n) is 1.89. The molecule has 0 aliphatic carbocycles. The standard InChI is InChI=1S/C14H19N5/c1-10-5-4-6-12(16-10)9-19(3)14-17-11(2)7-13(8-15)18-14/h4-7H,8-9,15H2,1-3H3. The van der Waals surface area contributed by atoms with Crippen LogP contribution < -0.4 is 10.6 Å². The Labute approximate surface area is 113 Å². The Morgan fingerprint density at radius 3 is 2.53 bits per heavy atom. The van der Waals surface area contributed by atoms with Gasteiger partial charge in [0.15, 0.2) is 0 Å². The molecule has 0 saturated carbocycles. The molecule has 0 unspecified atom stereocenters. The van der Waals surface area contributed by atoms with Gasteiger partial charge in [-0.2, -0.15) is 0 Å². The highest BCUT2D eigenvalue weighted by atomic mass is 15.2. The van der Waals surface area contributed by atoms with Crippen LogP contribution >= 0.6 is 0 Å². The molecule has 5 heteroatoms. The Morgan fingerprint density at radius 2 is 1.84 bits per heavy atom. The van der Waals surface area contributed by atoms with Crippen molar-refractivity contribution in [1.82, 2.24) is 15.0 Å². The summed E-state index contributed by atoms with van der Waals surface area (Å²) in [5.41, 5.74) is 9.43. The second-order valence-electron chi connectivity index (χ2n) is 4.63. The fraction of sp³-hybridized carbons (Fsp3) is 0.357. The highest BCUT2D eigenvalue weighted by Gasteiger charge is 2.08. The summed E-state index contributed by atoms with van der Waals surface area (Å²) in [4.78, 5) is 15.3. The summed E-state index contributed by atoms with van der Waals surface area (Å²) in [6.07, 6.45) is 0. The van der Waals surface area contributed by atoms with Crippen molar-refractivity contribution >= 4 is 5.95 Å². The van der Waals surface area contributed by atoms with Crippen molar-refractivity contribution in [2.75, 3.05) is 11.9 Å². The predicted octanol–water partition coefficient (Wildman–Crippen LogP) is 1.58. The number of rotatable bonds is 4. The first-order chi connectivity index (χ1) is 9.08. The number of pyridine rings is 1. The van der Waals surface area contributed by atoms with Gasteiger partial charge >= 0.3 is 0 Å². The maximum Gasteiger partial charge on any atom is 0.225 e. The topological polar surface area (TPSA) is 67.9 Å². The molecule has 2 N–H and O–H groups in total. The van der Waals surface area contributed by atoms with Crippen LogP contribution in [-0.2, 0) is 13.1 Å². The number of nitrogens with two attached hydrogens (primary N) is 1. The lowest BCUT2D eigenvalue weighted by molar-refractivity contribution is 0.815. The van der Waals surface area contributed by atoms with Gasteiger partial charge in [0, 0.05) is 25.0 Å². The molecule has 2 heterocycles. The van der Waals surface area contributed by atoms with Crippen molar-refractivity contribution in [3.05, 3.63) is 47.0 Å². The third-order valence-electron chi connectivity index (χ3n) is 2.79. The summed E-state index contributed by atoms with van der Waals surface area (Å²) in [7, 11) is 1.96. The zero-order chi connectivity index (χ0) is 13.8. The minimum atomic E-state index is 0.424. The lowest BCUT2D eigenvalue weighted by Crippen LogP contribution is -2.21. The SMILES string of the molecule is Cc1cccc(CN(C)c2nc(C)cc(CN)n2)n1. The number of aryl methyl sites for hydroxylation is 2. The second-order valence-corrected chi connectivity index (χ2v) is 4.63. The molecule has 0 aliphatic heterocycles. The number of aromatic nitrogens is 3. The summed E-state index contributed by atoms with van der Waals surface area (Å²) in [6.45, 7) is 5.03. The van der Waals surface area contributed by atoms with E-state index in [4.69, 9.17) is 5.73 Å². The van der Waals surface area contributed by atoms with Gasteiger partial charge < -0.3 is 10.6 Å². The first-order valence-corrected chi connectivity index (χ1v) is 6.27. The Bertz CT molecular complexity index is 568. The van der Waals surface area contributed by atoms with Crippen LogP contribution in [0.5, 0.6) is 0 Å². The summed E-state index contributed by atoms with van der Waals surface area (Å²) >= 11 is 0. The molecule has 0 fully saturated rings. The fourth-order valence-corrected chi connectivity index (χ4v) is 1.89. The molecule has 0 radical (unpaired) electrons. The first kappa shape index (κ1) is 13.4. The molecule has 0 saturated heterocycles. The third kappa shape index (κ3) is 3.48. The van der Waals surface area contributed by atoms with Gasteiger partial charge in [0.05, 0.1) is 17.9 Å². The highest BCUT2D eigenvalue weighted by Crippen LogP contribution is 2.11. The Hall–Kier alpha value is -2.01. The van der Waals surface area contributed by atoms with Gasteiger partial charge in [-0.1, -0.05) is 6.07 Å². The van der Waals surface area contributed by atoms with Crippen molar-refractivity contribution in [1.29, 1.82) is 0 Å². The van der Waals surface area contributed by atoms with Crippen LogP contribution in [0.1, 0.15) is 22.8 Å². The molecule has 0 atom stereocenters. The predicted molar refractivity (Wildman–Crippen MR) is 75.7 cm³/mol. The largest absolute Gasteiger partial charge is 0.338 e. The molecule has 0 aromatic carbocycles. The van der Waals surface area contributed by atoms with E-state index in [9.17, 15) is 0 Å². The molecule has 2 rings (SSSR count). The average Bonchev–Trinajstić information content (AvgIpc) is 2.38. The smallest absolute Gasteiger partial charge is 0.225 e. The van der Waals surface area contributed by atoms with Gasteiger partial charge in [-0.05, 0) is 32.0 Å². The third-order valence-corrected chi connectivity index (χ3v) is 2.79. The summed E-state index contributed by atoms with van der Waals surface area (Å²) in [6, 6.07) is 7.90. The number of anilines is 1. The molecule has 2 aromatic heterocycles. The van der Waals surface area contributed by atoms with E-state index < -0.39 is 0 Å². The van der Waals surface area contributed by atoms with E-state index in [0.29, 0.717) is 19.0 Å². The molecule has 2 aromatic rings. The molecule has 100 valence electrons. The van der Waals surface area contributed by atoms with E-state index in [1.165, 1.54) is 0 Å². The molecule has 0 aliphatic rings. The number of nitrogens with zero attached hydrogens (tertiary/aromatic N) is 4. The average molecular weight is 257 g/mol. The molecule has 0 bridgehead atoms. The van der Waals surface area contributed by atoms with Gasteiger partial charge in [-0.3, -0.25) is 4.98 Å². The van der Waals surface area contributed by atoms with Crippen molar-refractivity contribution in [2.45, 2.75) is 26.9 Å². The van der Waals surface area contributed by atoms with Crippen molar-refractivity contribution < 1.29 is 0 Å². The van der Waals surface area contributed by atoms with E-state index in [1.54, 1.807) is 0 Å². The van der Waals surface area contributed by atoms with Crippen LogP contribution in [0.4, 0.5) is 5.95 Å². The molecule has 0 spiro atoms.